The van der Waals surface area contributed by atoms with Gasteiger partial charge in [-0.3, -0.25) is 0 Å². The highest BCUT2D eigenvalue weighted by molar-refractivity contribution is 5.87. The van der Waals surface area contributed by atoms with Crippen LogP contribution in [-0.2, 0) is 0 Å². The molecule has 0 aliphatic heterocycles. The van der Waals surface area contributed by atoms with Crippen LogP contribution >= 0.6 is 0 Å². The third kappa shape index (κ3) is 8.75. The molecule has 0 bridgehead atoms. The van der Waals surface area contributed by atoms with Crippen LogP contribution in [0.3, 0.4) is 0 Å². The maximum absolute atomic E-state index is 10.3. The first-order valence-electron chi connectivity index (χ1n) is 4.98. The summed E-state index contributed by atoms with van der Waals surface area (Å²) in [5.41, 5.74) is 1.41. The Hall–Kier alpha value is -1.57. The number of hydrogen-bond acceptors (Lipinski definition) is 1. The average Bonchev–Trinajstić information content (AvgIpc) is 2.22. The van der Waals surface area contributed by atoms with Gasteiger partial charge in [-0.1, -0.05) is 37.6 Å². The molecule has 0 unspecified atom stereocenters. The normalized spacial score (nSPS) is 7.47. The van der Waals surface area contributed by atoms with E-state index in [9.17, 15) is 4.79 Å². The first kappa shape index (κ1) is 15.9. The lowest BCUT2D eigenvalue weighted by Gasteiger charge is -1.92. The zero-order valence-electron chi connectivity index (χ0n) is 9.95. The van der Waals surface area contributed by atoms with Crippen LogP contribution in [0.4, 0.5) is 0 Å². The van der Waals surface area contributed by atoms with E-state index >= 15 is 0 Å². The summed E-state index contributed by atoms with van der Waals surface area (Å²) in [6.07, 6.45) is 1.75. The maximum atomic E-state index is 10.3. The Bertz CT molecular complexity index is 273. The van der Waals surface area contributed by atoms with Crippen molar-refractivity contribution in [2.75, 3.05) is 0 Å². The Morgan fingerprint density at radius 1 is 1.27 bits per heavy atom. The second kappa shape index (κ2) is 10.5. The van der Waals surface area contributed by atoms with Crippen LogP contribution < -0.4 is 0 Å². The lowest BCUT2D eigenvalue weighted by atomic mass is 10.2. The van der Waals surface area contributed by atoms with Crippen molar-refractivity contribution in [1.82, 2.24) is 0 Å². The monoisotopic (exact) mass is 208 g/mol. The van der Waals surface area contributed by atoms with E-state index in [1.807, 2.05) is 27.7 Å². The molecule has 2 nitrogen and oxygen atoms in total. The predicted octanol–water partition coefficient (Wildman–Crippen LogP) is 3.91. The fraction of sp³-hybridized carbons (Fsp3) is 0.308. The smallest absolute Gasteiger partial charge is 0.335 e. The first-order valence-corrected chi connectivity index (χ1v) is 4.98. The van der Waals surface area contributed by atoms with E-state index in [1.165, 1.54) is 0 Å². The van der Waals surface area contributed by atoms with Gasteiger partial charge in [-0.05, 0) is 26.0 Å². The molecule has 0 atom stereocenters. The van der Waals surface area contributed by atoms with Gasteiger partial charge in [-0.2, -0.15) is 0 Å². The van der Waals surface area contributed by atoms with Crippen LogP contribution in [0.5, 0.6) is 0 Å². The second-order valence-corrected chi connectivity index (χ2v) is 2.58. The standard InChI is InChI=1S/C8H8O2.C3H6.C2H6/c1-6-2-4-7(5-3-6)8(9)10;1-3-2;1-2/h2-5H,1H3,(H,9,10);3H,1H2,2H3;1-2H3. The minimum Gasteiger partial charge on any atom is -0.478 e. The molecule has 1 aromatic carbocycles. The summed E-state index contributed by atoms with van der Waals surface area (Å²) in [6.45, 7) is 11.2. The SMILES string of the molecule is C=CC.CC.Cc1ccc(C(=O)O)cc1. The number of aryl methyl sites for hydroxylation is 1. The van der Waals surface area contributed by atoms with E-state index in [0.717, 1.165) is 5.56 Å². The number of benzene rings is 1. The van der Waals surface area contributed by atoms with Crippen molar-refractivity contribution in [2.45, 2.75) is 27.7 Å². The Balaban J connectivity index is 0. The quantitative estimate of drug-likeness (QED) is 0.710. The highest BCUT2D eigenvalue weighted by Crippen LogP contribution is 2.01. The van der Waals surface area contributed by atoms with Crippen LogP contribution in [0.25, 0.3) is 0 Å². The highest BCUT2D eigenvalue weighted by Gasteiger charge is 1.98. The lowest BCUT2D eigenvalue weighted by Crippen LogP contribution is -1.94. The van der Waals surface area contributed by atoms with Crippen LogP contribution in [0.15, 0.2) is 36.9 Å². The summed E-state index contributed by atoms with van der Waals surface area (Å²) < 4.78 is 0. The molecule has 0 heterocycles. The van der Waals surface area contributed by atoms with Crippen molar-refractivity contribution in [3.63, 3.8) is 0 Å². The Kier molecular flexibility index (Phi) is 11.1. The van der Waals surface area contributed by atoms with Gasteiger partial charge >= 0.3 is 5.97 Å². The zero-order valence-corrected chi connectivity index (χ0v) is 9.95. The lowest BCUT2D eigenvalue weighted by molar-refractivity contribution is 0.0697. The predicted molar refractivity (Wildman–Crippen MR) is 65.4 cm³/mol. The van der Waals surface area contributed by atoms with E-state index in [1.54, 1.807) is 30.3 Å². The number of carboxylic acids is 1. The number of allylic oxidation sites excluding steroid dienone is 1. The van der Waals surface area contributed by atoms with Crippen LogP contribution in [0, 0.1) is 6.92 Å². The van der Waals surface area contributed by atoms with Gasteiger partial charge in [0.25, 0.3) is 0 Å². The molecule has 0 aliphatic carbocycles. The van der Waals surface area contributed by atoms with Crippen molar-refractivity contribution in [1.29, 1.82) is 0 Å². The first-order chi connectivity index (χ1) is 7.11. The van der Waals surface area contributed by atoms with E-state index < -0.39 is 5.97 Å². The van der Waals surface area contributed by atoms with Gasteiger partial charge in [0, 0.05) is 0 Å². The maximum Gasteiger partial charge on any atom is 0.335 e. The molecule has 0 aromatic heterocycles. The van der Waals surface area contributed by atoms with E-state index in [4.69, 9.17) is 5.11 Å². The summed E-state index contributed by atoms with van der Waals surface area (Å²) >= 11 is 0. The van der Waals surface area contributed by atoms with Crippen molar-refractivity contribution in [3.05, 3.63) is 48.0 Å². The molecule has 84 valence electrons. The fourth-order valence-corrected chi connectivity index (χ4v) is 0.696. The summed E-state index contributed by atoms with van der Waals surface area (Å²) in [5, 5.41) is 8.48. The molecule has 0 saturated carbocycles. The van der Waals surface area contributed by atoms with Gasteiger partial charge in [-0.25, -0.2) is 4.79 Å². The van der Waals surface area contributed by atoms with E-state index in [2.05, 4.69) is 6.58 Å². The molecule has 15 heavy (non-hydrogen) atoms. The van der Waals surface area contributed by atoms with Crippen LogP contribution in [0.2, 0.25) is 0 Å². The molecule has 0 spiro atoms. The minimum atomic E-state index is -0.875. The van der Waals surface area contributed by atoms with Crippen molar-refractivity contribution >= 4 is 5.97 Å². The van der Waals surface area contributed by atoms with Crippen molar-refractivity contribution in [2.24, 2.45) is 0 Å². The summed E-state index contributed by atoms with van der Waals surface area (Å²) in [6, 6.07) is 6.75. The molecule has 1 rings (SSSR count). The van der Waals surface area contributed by atoms with Gasteiger partial charge in [-0.15, -0.1) is 6.58 Å². The minimum absolute atomic E-state index is 0.339. The fourth-order valence-electron chi connectivity index (χ4n) is 0.696. The second-order valence-electron chi connectivity index (χ2n) is 2.58. The molecule has 0 radical (unpaired) electrons. The van der Waals surface area contributed by atoms with Crippen molar-refractivity contribution < 1.29 is 9.90 Å². The van der Waals surface area contributed by atoms with Gasteiger partial charge in [0.2, 0.25) is 0 Å². The number of hydrogen-bond donors (Lipinski definition) is 1. The van der Waals surface area contributed by atoms with Gasteiger partial charge in [0.1, 0.15) is 0 Å². The summed E-state index contributed by atoms with van der Waals surface area (Å²) in [4.78, 5) is 10.3. The average molecular weight is 208 g/mol. The van der Waals surface area contributed by atoms with Crippen molar-refractivity contribution in [3.8, 4) is 0 Å². The molecule has 0 aliphatic rings. The van der Waals surface area contributed by atoms with E-state index in [-0.39, 0.29) is 0 Å². The number of carbonyl (C=O) groups is 1. The van der Waals surface area contributed by atoms with Gasteiger partial charge in [0.15, 0.2) is 0 Å². The number of carboxylic acid groups (broad SMARTS) is 1. The molecule has 0 fully saturated rings. The molecular weight excluding hydrogens is 188 g/mol. The van der Waals surface area contributed by atoms with E-state index in [0.29, 0.717) is 5.56 Å². The summed E-state index contributed by atoms with van der Waals surface area (Å²) in [5.74, 6) is -0.875. The highest BCUT2D eigenvalue weighted by atomic mass is 16.4. The van der Waals surface area contributed by atoms with Gasteiger partial charge in [0.05, 0.1) is 5.56 Å². The Morgan fingerprint density at radius 3 is 1.87 bits per heavy atom. The zero-order chi connectivity index (χ0) is 12.3. The van der Waals surface area contributed by atoms with Gasteiger partial charge < -0.3 is 5.11 Å². The molecule has 1 aromatic rings. The molecule has 0 saturated heterocycles. The molecule has 1 N–H and O–H groups in total. The number of rotatable bonds is 1. The Labute approximate surface area is 92.3 Å². The van der Waals surface area contributed by atoms with Crippen LogP contribution in [0.1, 0.15) is 36.7 Å². The van der Waals surface area contributed by atoms with Crippen LogP contribution in [-0.4, -0.2) is 11.1 Å². The largest absolute Gasteiger partial charge is 0.478 e. The number of aromatic carboxylic acids is 1. The molecule has 2 heteroatoms. The Morgan fingerprint density at radius 2 is 1.60 bits per heavy atom. The molecule has 0 amide bonds. The summed E-state index contributed by atoms with van der Waals surface area (Å²) in [7, 11) is 0. The molecular formula is C13H20O2. The third-order valence-electron chi connectivity index (χ3n) is 1.30. The third-order valence-corrected chi connectivity index (χ3v) is 1.30. The topological polar surface area (TPSA) is 37.3 Å².